The number of Topliss-reactive ketones (excluding diaryl/α,β-unsaturated/α-hetero) is 1. The fourth-order valence-corrected chi connectivity index (χ4v) is 0.981. The zero-order valence-electron chi connectivity index (χ0n) is 7.37. The molecule has 1 aromatic rings. The standard InChI is InChI=1S/C10H13NO/c1-7(2)10(12)8-3-5-9(11)6-4-8/h3-7H,11H2,1-2H3. The highest BCUT2D eigenvalue weighted by atomic mass is 16.1. The summed E-state index contributed by atoms with van der Waals surface area (Å²) in [7, 11) is 0. The van der Waals surface area contributed by atoms with Crippen LogP contribution in [-0.2, 0) is 0 Å². The van der Waals surface area contributed by atoms with Crippen LogP contribution >= 0.6 is 0 Å². The Balaban J connectivity index is 2.90. The zero-order valence-corrected chi connectivity index (χ0v) is 7.37. The second-order valence-corrected chi connectivity index (χ2v) is 3.14. The van der Waals surface area contributed by atoms with Gasteiger partial charge in [-0.3, -0.25) is 4.79 Å². The molecule has 0 aliphatic rings. The molecule has 0 atom stereocenters. The third kappa shape index (κ3) is 1.84. The molecule has 0 fully saturated rings. The molecule has 2 heteroatoms. The van der Waals surface area contributed by atoms with Crippen molar-refractivity contribution in [2.24, 2.45) is 5.92 Å². The molecule has 0 aliphatic heterocycles. The summed E-state index contributed by atoms with van der Waals surface area (Å²) in [6, 6.07) is 7.01. The Morgan fingerprint density at radius 3 is 2.17 bits per heavy atom. The summed E-state index contributed by atoms with van der Waals surface area (Å²) in [5.74, 6) is 0.212. The van der Waals surface area contributed by atoms with Gasteiger partial charge < -0.3 is 5.73 Å². The fourth-order valence-electron chi connectivity index (χ4n) is 0.981. The number of rotatable bonds is 2. The van der Waals surface area contributed by atoms with Crippen LogP contribution in [-0.4, -0.2) is 5.78 Å². The van der Waals surface area contributed by atoms with Gasteiger partial charge in [0.2, 0.25) is 0 Å². The van der Waals surface area contributed by atoms with E-state index in [2.05, 4.69) is 0 Å². The summed E-state index contributed by atoms with van der Waals surface area (Å²) in [5, 5.41) is 0. The number of hydrogen-bond acceptors (Lipinski definition) is 2. The lowest BCUT2D eigenvalue weighted by molar-refractivity contribution is 0.0939. The van der Waals surface area contributed by atoms with Crippen molar-refractivity contribution in [2.75, 3.05) is 5.73 Å². The first-order valence-corrected chi connectivity index (χ1v) is 4.01. The summed E-state index contributed by atoms with van der Waals surface area (Å²) >= 11 is 0. The maximum Gasteiger partial charge on any atom is 0.165 e. The lowest BCUT2D eigenvalue weighted by atomic mass is 10.0. The Morgan fingerprint density at radius 2 is 1.75 bits per heavy atom. The summed E-state index contributed by atoms with van der Waals surface area (Å²) < 4.78 is 0. The highest BCUT2D eigenvalue weighted by Crippen LogP contribution is 2.10. The monoisotopic (exact) mass is 163 g/mol. The molecular formula is C10H13NO. The van der Waals surface area contributed by atoms with E-state index in [-0.39, 0.29) is 11.7 Å². The first kappa shape index (κ1) is 8.78. The Labute approximate surface area is 72.4 Å². The third-order valence-electron chi connectivity index (χ3n) is 1.72. The van der Waals surface area contributed by atoms with Crippen molar-refractivity contribution in [1.29, 1.82) is 0 Å². The molecule has 0 aliphatic carbocycles. The van der Waals surface area contributed by atoms with Crippen LogP contribution in [0.1, 0.15) is 24.2 Å². The van der Waals surface area contributed by atoms with Gasteiger partial charge in [-0.25, -0.2) is 0 Å². The van der Waals surface area contributed by atoms with Gasteiger partial charge in [-0.1, -0.05) is 13.8 Å². The van der Waals surface area contributed by atoms with Crippen molar-refractivity contribution in [1.82, 2.24) is 0 Å². The summed E-state index contributed by atoms with van der Waals surface area (Å²) in [5.41, 5.74) is 6.92. The average Bonchev–Trinajstić information content (AvgIpc) is 2.04. The quantitative estimate of drug-likeness (QED) is 0.536. The molecule has 0 bridgehead atoms. The van der Waals surface area contributed by atoms with Crippen LogP contribution < -0.4 is 5.73 Å². The molecule has 0 amide bonds. The van der Waals surface area contributed by atoms with Crippen molar-refractivity contribution in [2.45, 2.75) is 13.8 Å². The zero-order chi connectivity index (χ0) is 9.14. The van der Waals surface area contributed by atoms with Gasteiger partial charge in [0.1, 0.15) is 0 Å². The van der Waals surface area contributed by atoms with E-state index in [1.165, 1.54) is 0 Å². The largest absolute Gasteiger partial charge is 0.399 e. The second-order valence-electron chi connectivity index (χ2n) is 3.14. The molecule has 64 valence electrons. The highest BCUT2D eigenvalue weighted by molar-refractivity contribution is 5.97. The van der Waals surface area contributed by atoms with Crippen molar-refractivity contribution in [3.05, 3.63) is 29.8 Å². The number of carbonyl (C=O) groups is 1. The molecule has 0 spiro atoms. The third-order valence-corrected chi connectivity index (χ3v) is 1.72. The smallest absolute Gasteiger partial charge is 0.165 e. The minimum atomic E-state index is 0.0497. The predicted molar refractivity (Wildman–Crippen MR) is 50.0 cm³/mol. The second kappa shape index (κ2) is 3.39. The van der Waals surface area contributed by atoms with Crippen molar-refractivity contribution >= 4 is 11.5 Å². The topological polar surface area (TPSA) is 43.1 Å². The van der Waals surface area contributed by atoms with E-state index < -0.39 is 0 Å². The van der Waals surface area contributed by atoms with Gasteiger partial charge in [0.05, 0.1) is 0 Å². The van der Waals surface area contributed by atoms with Crippen LogP contribution in [0, 0.1) is 5.92 Å². The maximum absolute atomic E-state index is 11.4. The van der Waals surface area contributed by atoms with Crippen molar-refractivity contribution in [3.63, 3.8) is 0 Å². The lowest BCUT2D eigenvalue weighted by Crippen LogP contribution is -2.06. The number of hydrogen-bond donors (Lipinski definition) is 1. The number of ketones is 1. The highest BCUT2D eigenvalue weighted by Gasteiger charge is 2.08. The molecule has 0 saturated heterocycles. The van der Waals surface area contributed by atoms with Crippen molar-refractivity contribution < 1.29 is 4.79 Å². The minimum absolute atomic E-state index is 0.0497. The number of benzene rings is 1. The molecule has 0 unspecified atom stereocenters. The molecule has 12 heavy (non-hydrogen) atoms. The minimum Gasteiger partial charge on any atom is -0.399 e. The SMILES string of the molecule is CC(C)C(=O)c1ccc(N)cc1. The summed E-state index contributed by atoms with van der Waals surface area (Å²) in [6.45, 7) is 3.78. The maximum atomic E-state index is 11.4. The predicted octanol–water partition coefficient (Wildman–Crippen LogP) is 2.11. The normalized spacial score (nSPS) is 10.2. The van der Waals surface area contributed by atoms with Crippen molar-refractivity contribution in [3.8, 4) is 0 Å². The molecule has 0 saturated carbocycles. The van der Waals surface area contributed by atoms with Crippen LogP contribution in [0.2, 0.25) is 0 Å². The van der Waals surface area contributed by atoms with Crippen LogP contribution in [0.3, 0.4) is 0 Å². The Morgan fingerprint density at radius 1 is 1.25 bits per heavy atom. The van der Waals surface area contributed by atoms with Gasteiger partial charge in [0.15, 0.2) is 5.78 Å². The fraction of sp³-hybridized carbons (Fsp3) is 0.300. The van der Waals surface area contributed by atoms with Gasteiger partial charge in [0.25, 0.3) is 0 Å². The summed E-state index contributed by atoms with van der Waals surface area (Å²) in [6.07, 6.45) is 0. The van der Waals surface area contributed by atoms with Gasteiger partial charge in [-0.2, -0.15) is 0 Å². The first-order chi connectivity index (χ1) is 5.61. The van der Waals surface area contributed by atoms with Gasteiger partial charge in [0, 0.05) is 17.2 Å². The van der Waals surface area contributed by atoms with E-state index in [1.807, 2.05) is 13.8 Å². The first-order valence-electron chi connectivity index (χ1n) is 4.01. The van der Waals surface area contributed by atoms with E-state index in [1.54, 1.807) is 24.3 Å². The van der Waals surface area contributed by atoms with Crippen LogP contribution in [0.5, 0.6) is 0 Å². The van der Waals surface area contributed by atoms with Gasteiger partial charge >= 0.3 is 0 Å². The van der Waals surface area contributed by atoms with E-state index in [4.69, 9.17) is 5.73 Å². The van der Waals surface area contributed by atoms with Gasteiger partial charge in [-0.15, -0.1) is 0 Å². The molecule has 1 aromatic carbocycles. The van der Waals surface area contributed by atoms with Gasteiger partial charge in [-0.05, 0) is 24.3 Å². The molecular weight excluding hydrogens is 150 g/mol. The number of nitrogens with two attached hydrogens (primary N) is 1. The number of carbonyl (C=O) groups excluding carboxylic acids is 1. The molecule has 0 aromatic heterocycles. The van der Waals surface area contributed by atoms with E-state index in [0.29, 0.717) is 5.69 Å². The Bertz CT molecular complexity index is 274. The van der Waals surface area contributed by atoms with E-state index >= 15 is 0 Å². The van der Waals surface area contributed by atoms with Crippen LogP contribution in [0.25, 0.3) is 0 Å². The molecule has 0 heterocycles. The molecule has 2 nitrogen and oxygen atoms in total. The Kier molecular flexibility index (Phi) is 2.48. The molecule has 2 N–H and O–H groups in total. The molecule has 0 radical (unpaired) electrons. The lowest BCUT2D eigenvalue weighted by Gasteiger charge is -2.03. The van der Waals surface area contributed by atoms with Crippen LogP contribution in [0.15, 0.2) is 24.3 Å². The van der Waals surface area contributed by atoms with Crippen LogP contribution in [0.4, 0.5) is 5.69 Å². The number of nitrogen functional groups attached to an aromatic ring is 1. The van der Waals surface area contributed by atoms with E-state index in [9.17, 15) is 4.79 Å². The Hall–Kier alpha value is -1.31. The number of anilines is 1. The summed E-state index contributed by atoms with van der Waals surface area (Å²) in [4.78, 5) is 11.4. The van der Waals surface area contributed by atoms with E-state index in [0.717, 1.165) is 5.56 Å². The average molecular weight is 163 g/mol. The molecule has 1 rings (SSSR count).